The molecule has 0 aliphatic heterocycles. The summed E-state index contributed by atoms with van der Waals surface area (Å²) in [5.41, 5.74) is 20.0. The molecule has 3 aliphatic carbocycles. The number of benzene rings is 2. The average molecular weight is 455 g/mol. The minimum atomic E-state index is -1.72. The summed E-state index contributed by atoms with van der Waals surface area (Å²) in [5, 5.41) is 0. The second-order valence-electron chi connectivity index (χ2n) is 11.3. The van der Waals surface area contributed by atoms with Crippen LogP contribution in [0.2, 0.25) is 18.6 Å². The van der Waals surface area contributed by atoms with E-state index < -0.39 is 8.07 Å². The third-order valence-electron chi connectivity index (χ3n) is 9.12. The van der Waals surface area contributed by atoms with Crippen LogP contribution in [0.5, 0.6) is 0 Å². The normalized spacial score (nSPS) is 19.6. The molecule has 0 fully saturated rings. The van der Waals surface area contributed by atoms with Crippen LogP contribution >= 0.6 is 0 Å². The van der Waals surface area contributed by atoms with Gasteiger partial charge in [0.2, 0.25) is 0 Å². The van der Waals surface area contributed by atoms with Gasteiger partial charge in [-0.3, -0.25) is 0 Å². The van der Waals surface area contributed by atoms with Crippen molar-refractivity contribution in [2.45, 2.75) is 85.0 Å². The molecular weight excluding hydrogens is 414 g/mol. The van der Waals surface area contributed by atoms with Gasteiger partial charge in [0.15, 0.2) is 0 Å². The van der Waals surface area contributed by atoms with Crippen molar-refractivity contribution < 1.29 is 0 Å². The van der Waals surface area contributed by atoms with E-state index in [0.29, 0.717) is 11.1 Å². The van der Waals surface area contributed by atoms with Crippen LogP contribution in [0.25, 0.3) is 17.2 Å². The number of hydrogen-bond donors (Lipinski definition) is 0. The van der Waals surface area contributed by atoms with Crippen molar-refractivity contribution in [3.8, 4) is 11.1 Å². The van der Waals surface area contributed by atoms with Gasteiger partial charge in [0, 0.05) is 5.54 Å². The van der Waals surface area contributed by atoms with Crippen molar-refractivity contribution in [1.29, 1.82) is 0 Å². The summed E-state index contributed by atoms with van der Waals surface area (Å²) in [6.07, 6.45) is 6.35. The van der Waals surface area contributed by atoms with E-state index in [0.717, 1.165) is 0 Å². The summed E-state index contributed by atoms with van der Waals surface area (Å²) in [6, 6.07) is 11.7. The second-order valence-corrected chi connectivity index (χ2v) is 16.0. The fourth-order valence-corrected chi connectivity index (χ4v) is 12.8. The molecule has 3 heteroatoms. The summed E-state index contributed by atoms with van der Waals surface area (Å²) >= 11 is 0. The van der Waals surface area contributed by atoms with Gasteiger partial charge in [-0.05, 0) is 116 Å². The Morgan fingerprint density at radius 1 is 0.794 bits per heavy atom. The molecule has 0 bridgehead atoms. The van der Waals surface area contributed by atoms with Gasteiger partial charge < -0.3 is 0 Å². The fourth-order valence-electron chi connectivity index (χ4n) is 7.52. The average Bonchev–Trinajstić information content (AvgIpc) is 3.39. The zero-order chi connectivity index (χ0) is 22.9. The third kappa shape index (κ3) is 3.98. The topological polar surface area (TPSA) is 0 Å². The van der Waals surface area contributed by atoms with Gasteiger partial charge in [-0.15, -0.1) is 0 Å². The molecule has 1 unspecified atom stereocenters. The van der Waals surface area contributed by atoms with E-state index in [2.05, 4.69) is 91.0 Å². The van der Waals surface area contributed by atoms with Gasteiger partial charge in [-0.2, -0.15) is 0 Å². The molecule has 5 rings (SSSR count). The Bertz CT molecular complexity index is 1220. The number of fused-ring (bicyclic) bond motifs is 2. The van der Waals surface area contributed by atoms with E-state index in [-0.39, 0.29) is 37.7 Å². The molecule has 1 atom stereocenters. The van der Waals surface area contributed by atoms with Crippen LogP contribution in [0.3, 0.4) is 0 Å². The first-order valence-electron chi connectivity index (χ1n) is 12.4. The maximum absolute atomic E-state index is 2.66. The van der Waals surface area contributed by atoms with E-state index in [4.69, 9.17) is 0 Å². The molecule has 0 saturated heterocycles. The summed E-state index contributed by atoms with van der Waals surface area (Å²) in [7, 11) is -1.72. The standard InChI is InChI=1S/C31H38Si.2Li.2H/c1-18-12-9-10-14-25(18)29-26-15-11-13-24(26)17-28-27(29)16-19(2)30(28)32(7,8)31-22(5)20(3)21(4)23(31)6;;;;/h9-10,12,14,16-17,30-31H,11,13,15H2,1-8H3;;;;. The monoisotopic (exact) mass is 454 g/mol. The number of allylic oxidation sites excluding steroid dienone is 5. The summed E-state index contributed by atoms with van der Waals surface area (Å²) < 4.78 is 0. The van der Waals surface area contributed by atoms with Crippen molar-refractivity contribution >= 4 is 51.9 Å². The van der Waals surface area contributed by atoms with Crippen LogP contribution in [0.15, 0.2) is 58.2 Å². The molecule has 0 radical (unpaired) electrons. The molecule has 3 aliphatic rings. The second kappa shape index (κ2) is 9.85. The molecule has 0 nitrogen and oxygen atoms in total. The Morgan fingerprint density at radius 3 is 2.03 bits per heavy atom. The van der Waals surface area contributed by atoms with Crippen LogP contribution in [-0.2, 0) is 12.8 Å². The van der Waals surface area contributed by atoms with Crippen LogP contribution < -0.4 is 0 Å². The van der Waals surface area contributed by atoms with Crippen molar-refractivity contribution in [2.75, 3.05) is 0 Å². The molecule has 0 spiro atoms. The molecule has 2 aromatic rings. The van der Waals surface area contributed by atoms with Gasteiger partial charge in [0.25, 0.3) is 0 Å². The molecule has 0 heterocycles. The summed E-state index contributed by atoms with van der Waals surface area (Å²) in [5.74, 6) is 0. The van der Waals surface area contributed by atoms with E-state index >= 15 is 0 Å². The fraction of sp³-hybridized carbons (Fsp3) is 0.419. The van der Waals surface area contributed by atoms with E-state index in [1.54, 1.807) is 50.1 Å². The Morgan fingerprint density at radius 2 is 1.41 bits per heavy atom. The van der Waals surface area contributed by atoms with Crippen molar-refractivity contribution in [3.63, 3.8) is 0 Å². The number of rotatable bonds is 3. The minimum absolute atomic E-state index is 0. The van der Waals surface area contributed by atoms with Gasteiger partial charge in [0.1, 0.15) is 0 Å². The molecular formula is C31H40Li2Si. The van der Waals surface area contributed by atoms with Gasteiger partial charge in [-0.1, -0.05) is 66.2 Å². The molecule has 0 aromatic heterocycles. The summed E-state index contributed by atoms with van der Waals surface area (Å²) in [4.78, 5) is 0. The van der Waals surface area contributed by atoms with Crippen LogP contribution in [0.4, 0.5) is 0 Å². The molecule has 34 heavy (non-hydrogen) atoms. The van der Waals surface area contributed by atoms with Crippen LogP contribution in [0.1, 0.15) is 74.4 Å². The van der Waals surface area contributed by atoms with Gasteiger partial charge in [0.05, 0.1) is 8.07 Å². The zero-order valence-electron chi connectivity index (χ0n) is 21.2. The quantitative estimate of drug-likeness (QED) is 0.418. The first kappa shape index (κ1) is 27.7. The van der Waals surface area contributed by atoms with Crippen molar-refractivity contribution in [3.05, 3.63) is 86.0 Å². The van der Waals surface area contributed by atoms with Gasteiger partial charge >= 0.3 is 37.7 Å². The molecule has 0 amide bonds. The Kier molecular flexibility index (Phi) is 8.01. The van der Waals surface area contributed by atoms with E-state index in [1.807, 2.05) is 0 Å². The molecule has 0 N–H and O–H groups in total. The zero-order valence-corrected chi connectivity index (χ0v) is 22.2. The SMILES string of the molecule is CC1=Cc2c(cc3c(c2-c2ccccc2C)CCC3)C1[Si](C)(C)C1C(C)=C(C)C(C)=C1C.[LiH].[LiH]. The molecule has 2 aromatic carbocycles. The van der Waals surface area contributed by atoms with Crippen LogP contribution in [-0.4, -0.2) is 45.8 Å². The first-order valence-corrected chi connectivity index (χ1v) is 15.6. The first-order chi connectivity index (χ1) is 15.1. The maximum atomic E-state index is 2.66. The Balaban J connectivity index is 0.00000162. The Labute approximate surface area is 232 Å². The third-order valence-corrected chi connectivity index (χ3v) is 13.7. The number of hydrogen-bond acceptors (Lipinski definition) is 0. The number of aryl methyl sites for hydroxylation is 2. The summed E-state index contributed by atoms with van der Waals surface area (Å²) in [6.45, 7) is 19.5. The van der Waals surface area contributed by atoms with Crippen LogP contribution in [0, 0.1) is 6.92 Å². The predicted molar refractivity (Wildman–Crippen MR) is 157 cm³/mol. The van der Waals surface area contributed by atoms with E-state index in [1.165, 1.54) is 36.0 Å². The van der Waals surface area contributed by atoms with Gasteiger partial charge in [-0.25, -0.2) is 0 Å². The predicted octanol–water partition coefficient (Wildman–Crippen LogP) is 7.66. The molecule has 0 saturated carbocycles. The van der Waals surface area contributed by atoms with E-state index in [9.17, 15) is 0 Å². The van der Waals surface area contributed by atoms with Crippen molar-refractivity contribution in [1.82, 2.24) is 0 Å². The van der Waals surface area contributed by atoms with Crippen molar-refractivity contribution in [2.24, 2.45) is 0 Å². The Hall–Kier alpha value is -0.928. The molecule has 170 valence electrons.